The van der Waals surface area contributed by atoms with Gasteiger partial charge in [0.05, 0.1) is 18.1 Å². The minimum atomic E-state index is -0.425. The van der Waals surface area contributed by atoms with Crippen molar-refractivity contribution in [3.8, 4) is 11.4 Å². The quantitative estimate of drug-likeness (QED) is 0.306. The molecule has 0 radical (unpaired) electrons. The number of rotatable bonds is 10. The molecule has 0 saturated carbocycles. The number of esters is 1. The molecular formula is C21H27N5O3S3. The van der Waals surface area contributed by atoms with Gasteiger partial charge in [0.15, 0.2) is 16.1 Å². The first kappa shape index (κ1) is 24.4. The van der Waals surface area contributed by atoms with Gasteiger partial charge in [-0.1, -0.05) is 36.4 Å². The van der Waals surface area contributed by atoms with E-state index in [1.165, 1.54) is 16.6 Å². The monoisotopic (exact) mass is 493 g/mol. The largest absolute Gasteiger partial charge is 0.462 e. The zero-order valence-corrected chi connectivity index (χ0v) is 21.2. The number of amides is 1. The van der Waals surface area contributed by atoms with E-state index < -0.39 is 5.97 Å². The average Bonchev–Trinajstić information content (AvgIpc) is 3.45. The van der Waals surface area contributed by atoms with Gasteiger partial charge in [-0.2, -0.15) is 0 Å². The number of aromatic nitrogens is 4. The fraction of sp³-hybridized carbons (Fsp3) is 0.476. The Balaban J connectivity index is 1.68. The Bertz CT molecular complexity index is 1090. The number of carbonyl (C=O) groups is 2. The number of nitrogens with zero attached hydrogens (tertiary/aromatic N) is 4. The number of anilines is 1. The van der Waals surface area contributed by atoms with Gasteiger partial charge in [0, 0.05) is 21.9 Å². The molecule has 0 fully saturated rings. The zero-order chi connectivity index (χ0) is 23.3. The summed E-state index contributed by atoms with van der Waals surface area (Å²) in [4.78, 5) is 30.4. The summed E-state index contributed by atoms with van der Waals surface area (Å²) in [6.07, 6.45) is 2.16. The van der Waals surface area contributed by atoms with Gasteiger partial charge in [-0.15, -0.1) is 21.5 Å². The number of nitrogens with one attached hydrogen (secondary N) is 1. The van der Waals surface area contributed by atoms with Crippen molar-refractivity contribution in [2.45, 2.75) is 58.7 Å². The minimum Gasteiger partial charge on any atom is -0.462 e. The van der Waals surface area contributed by atoms with Crippen molar-refractivity contribution < 1.29 is 14.3 Å². The molecule has 8 nitrogen and oxygen atoms in total. The van der Waals surface area contributed by atoms with E-state index in [-0.39, 0.29) is 17.7 Å². The van der Waals surface area contributed by atoms with Crippen LogP contribution in [0.5, 0.6) is 0 Å². The fourth-order valence-electron chi connectivity index (χ4n) is 3.03. The van der Waals surface area contributed by atoms with Gasteiger partial charge in [0.1, 0.15) is 4.88 Å². The van der Waals surface area contributed by atoms with E-state index in [0.717, 1.165) is 35.6 Å². The van der Waals surface area contributed by atoms with Crippen LogP contribution in [0.1, 0.15) is 60.4 Å². The Kier molecular flexibility index (Phi) is 8.44. The molecule has 11 heteroatoms. The number of ether oxygens (including phenoxy) is 1. The Morgan fingerprint density at radius 2 is 2.06 bits per heavy atom. The molecule has 0 unspecified atom stereocenters. The smallest absolute Gasteiger partial charge is 0.350 e. The van der Waals surface area contributed by atoms with Crippen LogP contribution in [0.15, 0.2) is 16.6 Å². The van der Waals surface area contributed by atoms with Crippen molar-refractivity contribution >= 4 is 51.4 Å². The normalized spacial score (nSPS) is 11.2. The third-order valence-corrected chi connectivity index (χ3v) is 7.42. The Morgan fingerprint density at radius 3 is 2.75 bits per heavy atom. The predicted octanol–water partition coefficient (Wildman–Crippen LogP) is 5.21. The number of hydrogen-bond acceptors (Lipinski definition) is 9. The highest BCUT2D eigenvalue weighted by Gasteiger charge is 2.20. The molecule has 0 saturated heterocycles. The summed E-state index contributed by atoms with van der Waals surface area (Å²) in [5.41, 5.74) is 1.60. The maximum atomic E-state index is 12.5. The van der Waals surface area contributed by atoms with Crippen molar-refractivity contribution in [2.75, 3.05) is 17.7 Å². The lowest BCUT2D eigenvalue weighted by Crippen LogP contribution is -2.15. The van der Waals surface area contributed by atoms with Gasteiger partial charge in [0.2, 0.25) is 5.91 Å². The predicted molar refractivity (Wildman–Crippen MR) is 130 cm³/mol. The second-order valence-corrected chi connectivity index (χ2v) is 10.2. The van der Waals surface area contributed by atoms with Gasteiger partial charge in [-0.05, 0) is 40.2 Å². The third-order valence-electron chi connectivity index (χ3n) is 4.43. The number of aryl methyl sites for hydroxylation is 2. The lowest BCUT2D eigenvalue weighted by molar-refractivity contribution is -0.113. The van der Waals surface area contributed by atoms with Gasteiger partial charge in [-0.3, -0.25) is 9.36 Å². The molecule has 3 aromatic heterocycles. The summed E-state index contributed by atoms with van der Waals surface area (Å²) in [6, 6.07) is 2.32. The molecule has 0 aliphatic rings. The van der Waals surface area contributed by atoms with E-state index in [1.807, 2.05) is 0 Å². The Morgan fingerprint density at radius 1 is 1.28 bits per heavy atom. The molecule has 3 heterocycles. The average molecular weight is 494 g/mol. The van der Waals surface area contributed by atoms with Crippen molar-refractivity contribution in [2.24, 2.45) is 0 Å². The van der Waals surface area contributed by atoms with E-state index in [4.69, 9.17) is 4.74 Å². The van der Waals surface area contributed by atoms with Gasteiger partial charge < -0.3 is 10.1 Å². The first-order chi connectivity index (χ1) is 15.3. The molecule has 0 atom stereocenters. The van der Waals surface area contributed by atoms with Crippen LogP contribution in [0, 0.1) is 6.92 Å². The highest BCUT2D eigenvalue weighted by atomic mass is 32.2. The summed E-state index contributed by atoms with van der Waals surface area (Å²) in [6.45, 7) is 10.1. The van der Waals surface area contributed by atoms with Crippen LogP contribution in [-0.4, -0.2) is 44.0 Å². The highest BCUT2D eigenvalue weighted by molar-refractivity contribution is 7.99. The van der Waals surface area contributed by atoms with Crippen LogP contribution in [0.3, 0.4) is 0 Å². The van der Waals surface area contributed by atoms with Crippen molar-refractivity contribution in [3.05, 3.63) is 26.9 Å². The topological polar surface area (TPSA) is 99.0 Å². The maximum Gasteiger partial charge on any atom is 0.350 e. The molecule has 0 aromatic carbocycles. The Hall–Kier alpha value is -2.24. The minimum absolute atomic E-state index is 0.147. The van der Waals surface area contributed by atoms with E-state index in [9.17, 15) is 9.59 Å². The maximum absolute atomic E-state index is 12.5. The molecular weight excluding hydrogens is 466 g/mol. The van der Waals surface area contributed by atoms with Gasteiger partial charge in [0.25, 0.3) is 0 Å². The van der Waals surface area contributed by atoms with Crippen molar-refractivity contribution in [1.82, 2.24) is 19.7 Å². The second-order valence-electron chi connectivity index (χ2n) is 7.31. The molecule has 0 aliphatic carbocycles. The van der Waals surface area contributed by atoms with Crippen LogP contribution in [0.4, 0.5) is 5.13 Å². The molecule has 0 spiro atoms. The number of thioether (sulfide) groups is 1. The van der Waals surface area contributed by atoms with Crippen molar-refractivity contribution in [1.29, 1.82) is 0 Å². The standard InChI is InChI=1S/C21H27N5O3S3/c1-6-8-15-9-14(10-30-15)18-24-25-21(26(18)12(3)4)31-11-16(27)23-20-22-13(5)17(32-20)19(28)29-7-2/h9-10,12H,6-8,11H2,1-5H3,(H,22,23,27). The Labute approximate surface area is 199 Å². The van der Waals surface area contributed by atoms with E-state index >= 15 is 0 Å². The number of thiazole rings is 1. The van der Waals surface area contributed by atoms with Crippen LogP contribution < -0.4 is 5.32 Å². The van der Waals surface area contributed by atoms with E-state index in [2.05, 4.69) is 57.3 Å². The van der Waals surface area contributed by atoms with Gasteiger partial charge in [-0.25, -0.2) is 9.78 Å². The summed E-state index contributed by atoms with van der Waals surface area (Å²) >= 11 is 4.18. The van der Waals surface area contributed by atoms with Gasteiger partial charge >= 0.3 is 5.97 Å². The molecule has 0 bridgehead atoms. The fourth-order valence-corrected chi connectivity index (χ4v) is 5.75. The molecule has 3 rings (SSSR count). The van der Waals surface area contributed by atoms with Crippen LogP contribution in [-0.2, 0) is 16.0 Å². The molecule has 3 aromatic rings. The number of thiophene rings is 1. The molecule has 0 aliphatic heterocycles. The van der Waals surface area contributed by atoms with Crippen LogP contribution in [0.25, 0.3) is 11.4 Å². The number of carbonyl (C=O) groups excluding carboxylic acids is 2. The third kappa shape index (κ3) is 5.76. The first-order valence-electron chi connectivity index (χ1n) is 10.4. The van der Waals surface area contributed by atoms with Crippen LogP contribution >= 0.6 is 34.4 Å². The van der Waals surface area contributed by atoms with Crippen molar-refractivity contribution in [3.63, 3.8) is 0 Å². The highest BCUT2D eigenvalue weighted by Crippen LogP contribution is 2.31. The summed E-state index contributed by atoms with van der Waals surface area (Å²) < 4.78 is 7.08. The number of hydrogen-bond donors (Lipinski definition) is 1. The second kappa shape index (κ2) is 11.1. The lowest BCUT2D eigenvalue weighted by atomic mass is 10.2. The van der Waals surface area contributed by atoms with E-state index in [1.54, 1.807) is 25.2 Å². The SMILES string of the molecule is CCCc1cc(-c2nnc(SCC(=O)Nc3nc(C)c(C(=O)OCC)s3)n2C(C)C)cs1. The zero-order valence-electron chi connectivity index (χ0n) is 18.8. The summed E-state index contributed by atoms with van der Waals surface area (Å²) in [7, 11) is 0. The molecule has 1 N–H and O–H groups in total. The first-order valence-corrected chi connectivity index (χ1v) is 13.1. The van der Waals surface area contributed by atoms with E-state index in [0.29, 0.717) is 27.5 Å². The molecule has 1 amide bonds. The molecule has 172 valence electrons. The lowest BCUT2D eigenvalue weighted by Gasteiger charge is -2.13. The summed E-state index contributed by atoms with van der Waals surface area (Å²) in [5.74, 6) is 0.324. The summed E-state index contributed by atoms with van der Waals surface area (Å²) in [5, 5.41) is 14.7. The van der Waals surface area contributed by atoms with Crippen LogP contribution in [0.2, 0.25) is 0 Å². The molecule has 32 heavy (non-hydrogen) atoms.